The van der Waals surface area contributed by atoms with Crippen molar-refractivity contribution in [2.24, 2.45) is 0 Å². The molecule has 0 unspecified atom stereocenters. The number of nitrogens with one attached hydrogen (secondary N) is 2. The summed E-state index contributed by atoms with van der Waals surface area (Å²) in [5.74, 6) is 2.70. The highest BCUT2D eigenvalue weighted by Gasteiger charge is 2.37. The van der Waals surface area contributed by atoms with Gasteiger partial charge >= 0.3 is 0 Å². The Morgan fingerprint density at radius 2 is 2.03 bits per heavy atom. The summed E-state index contributed by atoms with van der Waals surface area (Å²) in [6, 6.07) is 15.2. The standard InChI is InChI=1S/C25H30N4O2/c1-16-14-29(12-13-30-16)21-15-31-22-11-3-2-8-18(22)23(21)26-19-9-5-10-20-24(19)28-25(27-20)17-6-4-7-17/h2-3,5,8-11,16-17,21,23,26H,4,6-7,12-15H2,1H3,(H,27,28)/t16-,21+,23+/m1/s1. The fourth-order valence-electron chi connectivity index (χ4n) is 5.19. The van der Waals surface area contributed by atoms with Crippen LogP contribution in [0.2, 0.25) is 0 Å². The van der Waals surface area contributed by atoms with Gasteiger partial charge in [-0.3, -0.25) is 4.90 Å². The molecule has 6 heteroatoms. The summed E-state index contributed by atoms with van der Waals surface area (Å²) in [6.45, 7) is 5.44. The van der Waals surface area contributed by atoms with Crippen LogP contribution in [0.1, 0.15) is 49.5 Å². The Hall–Kier alpha value is -2.57. The number of aromatic nitrogens is 2. The van der Waals surface area contributed by atoms with Crippen LogP contribution in [-0.2, 0) is 4.74 Å². The SMILES string of the molecule is C[C@@H]1CN([C@H]2COc3ccccc3[C@@H]2Nc2cccc3[nH]c(C4CCC4)nc23)CCO1. The summed E-state index contributed by atoms with van der Waals surface area (Å²) in [4.78, 5) is 11.1. The zero-order valence-corrected chi connectivity index (χ0v) is 18.0. The normalized spacial score (nSPS) is 26.8. The first-order valence-corrected chi connectivity index (χ1v) is 11.6. The average molecular weight is 419 g/mol. The first kappa shape index (κ1) is 19.1. The lowest BCUT2D eigenvalue weighted by Gasteiger charge is -2.44. The monoisotopic (exact) mass is 418 g/mol. The van der Waals surface area contributed by atoms with E-state index in [1.165, 1.54) is 24.8 Å². The van der Waals surface area contributed by atoms with E-state index in [2.05, 4.69) is 58.5 Å². The molecule has 1 saturated heterocycles. The fourth-order valence-corrected chi connectivity index (χ4v) is 5.19. The predicted molar refractivity (Wildman–Crippen MR) is 122 cm³/mol. The van der Waals surface area contributed by atoms with E-state index in [1.807, 2.05) is 6.07 Å². The topological polar surface area (TPSA) is 62.4 Å². The van der Waals surface area contributed by atoms with Crippen LogP contribution in [-0.4, -0.2) is 53.3 Å². The van der Waals surface area contributed by atoms with E-state index in [9.17, 15) is 0 Å². The third-order valence-electron chi connectivity index (χ3n) is 7.12. The van der Waals surface area contributed by atoms with Crippen molar-refractivity contribution in [1.82, 2.24) is 14.9 Å². The van der Waals surface area contributed by atoms with Crippen molar-refractivity contribution < 1.29 is 9.47 Å². The molecule has 2 fully saturated rings. The van der Waals surface area contributed by atoms with Gasteiger partial charge in [-0.1, -0.05) is 30.7 Å². The largest absolute Gasteiger partial charge is 0.491 e. The molecule has 3 aliphatic rings. The molecule has 1 aromatic heterocycles. The third kappa shape index (κ3) is 3.48. The van der Waals surface area contributed by atoms with E-state index in [0.717, 1.165) is 48.0 Å². The number of anilines is 1. The van der Waals surface area contributed by atoms with Crippen molar-refractivity contribution in [2.45, 2.75) is 50.3 Å². The third-order valence-corrected chi connectivity index (χ3v) is 7.12. The van der Waals surface area contributed by atoms with Gasteiger partial charge in [0, 0.05) is 24.6 Å². The molecule has 3 aromatic rings. The minimum Gasteiger partial charge on any atom is -0.491 e. The number of hydrogen-bond donors (Lipinski definition) is 2. The molecule has 1 aliphatic carbocycles. The molecule has 2 aromatic carbocycles. The minimum absolute atomic E-state index is 0.129. The number of rotatable bonds is 4. The number of aromatic amines is 1. The Bertz CT molecular complexity index is 1080. The van der Waals surface area contributed by atoms with Crippen LogP contribution in [0.4, 0.5) is 5.69 Å². The van der Waals surface area contributed by atoms with Crippen LogP contribution in [0.25, 0.3) is 11.0 Å². The van der Waals surface area contributed by atoms with Gasteiger partial charge in [-0.05, 0) is 38.0 Å². The van der Waals surface area contributed by atoms with E-state index < -0.39 is 0 Å². The first-order valence-electron chi connectivity index (χ1n) is 11.6. The second-order valence-electron chi connectivity index (χ2n) is 9.17. The number of benzene rings is 2. The summed E-state index contributed by atoms with van der Waals surface area (Å²) in [5.41, 5.74) is 4.46. The van der Waals surface area contributed by atoms with Gasteiger partial charge in [0.25, 0.3) is 0 Å². The number of ether oxygens (including phenoxy) is 2. The number of morpholine rings is 1. The second kappa shape index (κ2) is 7.84. The van der Waals surface area contributed by atoms with E-state index >= 15 is 0 Å². The summed E-state index contributed by atoms with van der Waals surface area (Å²) in [6.07, 6.45) is 4.04. The van der Waals surface area contributed by atoms with Gasteiger partial charge in [0.05, 0.1) is 36.0 Å². The van der Waals surface area contributed by atoms with Gasteiger partial charge in [0.1, 0.15) is 23.7 Å². The predicted octanol–water partition coefficient (Wildman–Crippen LogP) is 4.47. The van der Waals surface area contributed by atoms with E-state index in [0.29, 0.717) is 12.5 Å². The van der Waals surface area contributed by atoms with Crippen LogP contribution in [0.15, 0.2) is 42.5 Å². The van der Waals surface area contributed by atoms with Gasteiger partial charge in [0.15, 0.2) is 0 Å². The Labute approximate surface area is 182 Å². The van der Waals surface area contributed by atoms with Crippen molar-refractivity contribution >= 4 is 16.7 Å². The van der Waals surface area contributed by atoms with Crippen LogP contribution in [0.5, 0.6) is 5.75 Å². The number of hydrogen-bond acceptors (Lipinski definition) is 5. The molecular formula is C25H30N4O2. The van der Waals surface area contributed by atoms with Gasteiger partial charge < -0.3 is 19.8 Å². The molecule has 6 nitrogen and oxygen atoms in total. The maximum atomic E-state index is 6.19. The molecule has 3 heterocycles. The first-order chi connectivity index (χ1) is 15.3. The maximum Gasteiger partial charge on any atom is 0.124 e. The molecular weight excluding hydrogens is 388 g/mol. The van der Waals surface area contributed by atoms with Gasteiger partial charge in [-0.2, -0.15) is 0 Å². The van der Waals surface area contributed by atoms with Crippen molar-refractivity contribution in [3.8, 4) is 5.75 Å². The molecule has 0 spiro atoms. The fraction of sp³-hybridized carbons (Fsp3) is 0.480. The molecule has 0 amide bonds. The molecule has 2 N–H and O–H groups in total. The lowest BCUT2D eigenvalue weighted by molar-refractivity contribution is -0.0465. The molecule has 3 atom stereocenters. The van der Waals surface area contributed by atoms with Crippen LogP contribution in [0, 0.1) is 0 Å². The van der Waals surface area contributed by atoms with E-state index in [-0.39, 0.29) is 18.2 Å². The molecule has 162 valence electrons. The zero-order valence-electron chi connectivity index (χ0n) is 18.0. The van der Waals surface area contributed by atoms with Gasteiger partial charge in [-0.15, -0.1) is 0 Å². The minimum atomic E-state index is 0.129. The number of para-hydroxylation sites is 2. The second-order valence-corrected chi connectivity index (χ2v) is 9.17. The van der Waals surface area contributed by atoms with Crippen molar-refractivity contribution in [3.05, 3.63) is 53.9 Å². The zero-order chi connectivity index (χ0) is 20.8. The molecule has 6 rings (SSSR count). The maximum absolute atomic E-state index is 6.19. The van der Waals surface area contributed by atoms with Crippen LogP contribution in [0.3, 0.4) is 0 Å². The lowest BCUT2D eigenvalue weighted by Crippen LogP contribution is -2.54. The van der Waals surface area contributed by atoms with Gasteiger partial charge in [0.2, 0.25) is 0 Å². The summed E-state index contributed by atoms with van der Waals surface area (Å²) >= 11 is 0. The highest BCUT2D eigenvalue weighted by Crippen LogP contribution is 2.40. The summed E-state index contributed by atoms with van der Waals surface area (Å²) < 4.78 is 12.0. The lowest BCUT2D eigenvalue weighted by atomic mass is 9.85. The highest BCUT2D eigenvalue weighted by atomic mass is 16.5. The van der Waals surface area contributed by atoms with Crippen LogP contribution < -0.4 is 10.1 Å². The Morgan fingerprint density at radius 3 is 2.87 bits per heavy atom. The van der Waals surface area contributed by atoms with E-state index in [1.54, 1.807) is 0 Å². The smallest absolute Gasteiger partial charge is 0.124 e. The van der Waals surface area contributed by atoms with E-state index in [4.69, 9.17) is 14.5 Å². The molecule has 1 saturated carbocycles. The van der Waals surface area contributed by atoms with Crippen molar-refractivity contribution in [1.29, 1.82) is 0 Å². The summed E-state index contributed by atoms with van der Waals surface area (Å²) in [7, 11) is 0. The Balaban J connectivity index is 1.37. The number of nitrogens with zero attached hydrogens (tertiary/aromatic N) is 2. The molecule has 0 radical (unpaired) electrons. The average Bonchev–Trinajstić information content (AvgIpc) is 3.17. The van der Waals surface area contributed by atoms with Crippen molar-refractivity contribution in [3.63, 3.8) is 0 Å². The summed E-state index contributed by atoms with van der Waals surface area (Å²) in [5, 5.41) is 3.89. The molecule has 31 heavy (non-hydrogen) atoms. The Morgan fingerprint density at radius 1 is 1.13 bits per heavy atom. The quantitative estimate of drug-likeness (QED) is 0.655. The van der Waals surface area contributed by atoms with Crippen LogP contribution >= 0.6 is 0 Å². The number of fused-ring (bicyclic) bond motifs is 2. The number of imidazole rings is 1. The Kier molecular flexibility index (Phi) is 4.84. The van der Waals surface area contributed by atoms with Gasteiger partial charge in [-0.25, -0.2) is 4.98 Å². The van der Waals surface area contributed by atoms with Crippen molar-refractivity contribution in [2.75, 3.05) is 31.6 Å². The molecule has 0 bridgehead atoms. The molecule has 2 aliphatic heterocycles. The number of H-pyrrole nitrogens is 1. The highest BCUT2D eigenvalue weighted by molar-refractivity contribution is 5.88.